The molecule has 1 aliphatic heterocycles. The Morgan fingerprint density at radius 2 is 1.74 bits per heavy atom. The molecule has 178 valence electrons. The number of hydrogen-bond acceptors (Lipinski definition) is 6. The van der Waals surface area contributed by atoms with Crippen LogP contribution in [0.5, 0.6) is 11.5 Å². The second kappa shape index (κ2) is 10.6. The smallest absolute Gasteiger partial charge is 0.234 e. The topological polar surface area (TPSA) is 78.3 Å². The summed E-state index contributed by atoms with van der Waals surface area (Å²) in [6, 6.07) is 21.4. The van der Waals surface area contributed by atoms with Gasteiger partial charge >= 0.3 is 0 Å². The molecular weight excluding hydrogens is 467 g/mol. The summed E-state index contributed by atoms with van der Waals surface area (Å²) in [4.78, 5) is 12.7. The third-order valence-corrected chi connectivity index (χ3v) is 6.33. The van der Waals surface area contributed by atoms with Crippen LogP contribution in [0.25, 0.3) is 11.4 Å². The summed E-state index contributed by atoms with van der Waals surface area (Å²) in [6.45, 7) is 1.71. The van der Waals surface area contributed by atoms with E-state index >= 15 is 0 Å². The second-order valence-electron chi connectivity index (χ2n) is 7.93. The van der Waals surface area contributed by atoms with Crippen molar-refractivity contribution in [1.29, 1.82) is 0 Å². The van der Waals surface area contributed by atoms with Crippen molar-refractivity contribution in [3.63, 3.8) is 0 Å². The predicted octanol–water partition coefficient (Wildman–Crippen LogP) is 5.02. The molecule has 0 atom stereocenters. The number of anilines is 1. The number of nitrogens with one attached hydrogen (secondary N) is 1. The van der Waals surface area contributed by atoms with Gasteiger partial charge in [0.15, 0.2) is 22.5 Å². The van der Waals surface area contributed by atoms with E-state index < -0.39 is 0 Å². The minimum Gasteiger partial charge on any atom is -0.490 e. The van der Waals surface area contributed by atoms with Crippen LogP contribution in [0.4, 0.5) is 10.1 Å². The first kappa shape index (κ1) is 22.9. The van der Waals surface area contributed by atoms with E-state index in [1.54, 1.807) is 30.3 Å². The third kappa shape index (κ3) is 5.63. The normalized spacial score (nSPS) is 12.7. The molecule has 9 heteroatoms. The molecule has 0 fully saturated rings. The molecule has 1 N–H and O–H groups in total. The van der Waals surface area contributed by atoms with Crippen molar-refractivity contribution >= 4 is 23.4 Å². The van der Waals surface area contributed by atoms with Crippen LogP contribution in [-0.4, -0.2) is 39.6 Å². The summed E-state index contributed by atoms with van der Waals surface area (Å²) in [5.74, 6) is 1.56. The molecule has 5 rings (SSSR count). The number of rotatable bonds is 7. The van der Waals surface area contributed by atoms with Crippen molar-refractivity contribution in [3.05, 3.63) is 84.2 Å². The fourth-order valence-corrected chi connectivity index (χ4v) is 4.42. The fourth-order valence-electron chi connectivity index (χ4n) is 3.68. The molecule has 1 aliphatic rings. The van der Waals surface area contributed by atoms with Crippen molar-refractivity contribution in [3.8, 4) is 22.9 Å². The summed E-state index contributed by atoms with van der Waals surface area (Å²) in [5.41, 5.74) is 2.45. The lowest BCUT2D eigenvalue weighted by Crippen LogP contribution is -2.15. The van der Waals surface area contributed by atoms with E-state index in [1.165, 1.54) is 23.9 Å². The van der Waals surface area contributed by atoms with Gasteiger partial charge in [-0.3, -0.25) is 9.36 Å². The molecule has 0 unspecified atom stereocenters. The van der Waals surface area contributed by atoms with Crippen molar-refractivity contribution in [2.45, 2.75) is 18.1 Å². The van der Waals surface area contributed by atoms with Gasteiger partial charge in [0.05, 0.1) is 25.5 Å². The minimum atomic E-state index is -0.316. The van der Waals surface area contributed by atoms with E-state index in [0.717, 1.165) is 17.5 Å². The number of hydrogen-bond donors (Lipinski definition) is 1. The summed E-state index contributed by atoms with van der Waals surface area (Å²) in [7, 11) is 0. The number of carbonyl (C=O) groups is 1. The number of thioether (sulfide) groups is 1. The number of benzene rings is 3. The van der Waals surface area contributed by atoms with E-state index in [-0.39, 0.29) is 17.5 Å². The van der Waals surface area contributed by atoms with Crippen LogP contribution in [0, 0.1) is 5.82 Å². The number of nitrogens with zero attached hydrogens (tertiary/aromatic N) is 3. The van der Waals surface area contributed by atoms with Gasteiger partial charge in [-0.15, -0.1) is 10.2 Å². The SMILES string of the molecule is O=C(CSc1nnc(-c2ccc(F)cc2)n1Cc1ccccc1)Nc1ccc2c(c1)OCCCO2. The van der Waals surface area contributed by atoms with Gasteiger partial charge in [0, 0.05) is 23.7 Å². The Kier molecular flexibility index (Phi) is 6.94. The largest absolute Gasteiger partial charge is 0.490 e. The minimum absolute atomic E-state index is 0.144. The average molecular weight is 491 g/mol. The van der Waals surface area contributed by atoms with E-state index in [2.05, 4.69) is 15.5 Å². The Hall–Kier alpha value is -3.85. The van der Waals surface area contributed by atoms with E-state index in [9.17, 15) is 9.18 Å². The highest BCUT2D eigenvalue weighted by atomic mass is 32.2. The first-order valence-electron chi connectivity index (χ1n) is 11.2. The van der Waals surface area contributed by atoms with Crippen LogP contribution in [0.3, 0.4) is 0 Å². The molecule has 0 aliphatic carbocycles. The van der Waals surface area contributed by atoms with Crippen molar-refractivity contribution < 1.29 is 18.7 Å². The number of fused-ring (bicyclic) bond motifs is 1. The summed E-state index contributed by atoms with van der Waals surface area (Å²) in [5, 5.41) is 12.2. The summed E-state index contributed by atoms with van der Waals surface area (Å²) < 4.78 is 26.7. The quantitative estimate of drug-likeness (QED) is 0.367. The number of aromatic nitrogens is 3. The highest BCUT2D eigenvalue weighted by Crippen LogP contribution is 2.32. The Morgan fingerprint density at radius 3 is 2.54 bits per heavy atom. The Balaban J connectivity index is 1.31. The van der Waals surface area contributed by atoms with Crippen LogP contribution in [0.1, 0.15) is 12.0 Å². The number of carbonyl (C=O) groups excluding carboxylic acids is 1. The third-order valence-electron chi connectivity index (χ3n) is 5.37. The van der Waals surface area contributed by atoms with Crippen LogP contribution >= 0.6 is 11.8 Å². The lowest BCUT2D eigenvalue weighted by molar-refractivity contribution is -0.113. The zero-order valence-electron chi connectivity index (χ0n) is 18.8. The Morgan fingerprint density at radius 1 is 0.971 bits per heavy atom. The highest BCUT2D eigenvalue weighted by Gasteiger charge is 2.17. The number of ether oxygens (including phenoxy) is 2. The second-order valence-corrected chi connectivity index (χ2v) is 8.88. The first-order valence-corrected chi connectivity index (χ1v) is 12.2. The predicted molar refractivity (Wildman–Crippen MR) is 132 cm³/mol. The molecule has 2 heterocycles. The van der Waals surface area contributed by atoms with Gasteiger partial charge in [0.1, 0.15) is 5.82 Å². The standard InChI is InChI=1S/C26H23FN4O3S/c27-20-9-7-19(8-10-20)25-29-30-26(31(25)16-18-5-2-1-3-6-18)35-17-24(32)28-21-11-12-22-23(15-21)34-14-4-13-33-22/h1-3,5-12,15H,4,13-14,16-17H2,(H,28,32). The zero-order valence-corrected chi connectivity index (χ0v) is 19.6. The lowest BCUT2D eigenvalue weighted by atomic mass is 10.2. The molecule has 0 radical (unpaired) electrons. The van der Waals surface area contributed by atoms with Gasteiger partial charge < -0.3 is 14.8 Å². The van der Waals surface area contributed by atoms with Crippen molar-refractivity contribution in [1.82, 2.24) is 14.8 Å². The summed E-state index contributed by atoms with van der Waals surface area (Å²) >= 11 is 1.29. The van der Waals surface area contributed by atoms with Crippen molar-refractivity contribution in [2.75, 3.05) is 24.3 Å². The van der Waals surface area contributed by atoms with Gasteiger partial charge in [-0.2, -0.15) is 0 Å². The molecule has 3 aromatic carbocycles. The van der Waals surface area contributed by atoms with E-state index in [4.69, 9.17) is 9.47 Å². The lowest BCUT2D eigenvalue weighted by Gasteiger charge is -2.12. The molecule has 0 saturated carbocycles. The molecule has 7 nitrogen and oxygen atoms in total. The molecule has 35 heavy (non-hydrogen) atoms. The molecule has 0 spiro atoms. The van der Waals surface area contributed by atoms with E-state index in [1.807, 2.05) is 34.9 Å². The van der Waals surface area contributed by atoms with Gasteiger partial charge in [-0.05, 0) is 42.0 Å². The van der Waals surface area contributed by atoms with Crippen LogP contribution in [0.15, 0.2) is 78.0 Å². The molecule has 1 amide bonds. The number of halogens is 1. The summed E-state index contributed by atoms with van der Waals surface area (Å²) in [6.07, 6.45) is 0.816. The van der Waals surface area contributed by atoms with Gasteiger partial charge in [0.2, 0.25) is 5.91 Å². The number of amides is 1. The maximum Gasteiger partial charge on any atom is 0.234 e. The Labute approximate surface area is 206 Å². The molecule has 0 bridgehead atoms. The highest BCUT2D eigenvalue weighted by molar-refractivity contribution is 7.99. The maximum atomic E-state index is 13.5. The molecular formula is C26H23FN4O3S. The van der Waals surface area contributed by atoms with Gasteiger partial charge in [-0.25, -0.2) is 4.39 Å². The maximum absolute atomic E-state index is 13.5. The van der Waals surface area contributed by atoms with Crippen LogP contribution < -0.4 is 14.8 Å². The van der Waals surface area contributed by atoms with Gasteiger partial charge in [-0.1, -0.05) is 42.1 Å². The van der Waals surface area contributed by atoms with Gasteiger partial charge in [0.25, 0.3) is 0 Å². The van der Waals surface area contributed by atoms with E-state index in [0.29, 0.717) is 47.9 Å². The van der Waals surface area contributed by atoms with Crippen LogP contribution in [-0.2, 0) is 11.3 Å². The average Bonchev–Trinajstić information content (AvgIpc) is 3.11. The van der Waals surface area contributed by atoms with Crippen molar-refractivity contribution in [2.24, 2.45) is 0 Å². The molecule has 1 aromatic heterocycles. The van der Waals surface area contributed by atoms with Crippen LogP contribution in [0.2, 0.25) is 0 Å². The fraction of sp³-hybridized carbons (Fsp3) is 0.192. The Bertz CT molecular complexity index is 1310. The zero-order chi connectivity index (χ0) is 24.0. The molecule has 4 aromatic rings. The molecule has 0 saturated heterocycles. The first-order chi connectivity index (χ1) is 17.2. The monoisotopic (exact) mass is 490 g/mol.